The van der Waals surface area contributed by atoms with Crippen molar-refractivity contribution in [2.45, 2.75) is 18.4 Å². The van der Waals surface area contributed by atoms with E-state index in [9.17, 15) is 5.11 Å². The molecule has 1 saturated heterocycles. The molecular weight excluding hydrogens is 166 g/mol. The Kier molecular flexibility index (Phi) is 2.09. The van der Waals surface area contributed by atoms with Gasteiger partial charge in [-0.25, -0.2) is 0 Å². The van der Waals surface area contributed by atoms with E-state index >= 15 is 0 Å². The highest BCUT2D eigenvalue weighted by molar-refractivity contribution is 5.16. The summed E-state index contributed by atoms with van der Waals surface area (Å²) >= 11 is 0. The van der Waals surface area contributed by atoms with Crippen molar-refractivity contribution in [2.75, 3.05) is 13.1 Å². The van der Waals surface area contributed by atoms with Crippen LogP contribution in [0, 0.1) is 0 Å². The molecule has 1 unspecified atom stereocenters. The zero-order valence-corrected chi connectivity index (χ0v) is 7.82. The fourth-order valence-electron chi connectivity index (χ4n) is 1.80. The van der Waals surface area contributed by atoms with E-state index in [0.29, 0.717) is 6.54 Å². The maximum absolute atomic E-state index is 10.2. The van der Waals surface area contributed by atoms with E-state index in [-0.39, 0.29) is 0 Å². The fraction of sp³-hybridized carbons (Fsp3) is 0.667. The van der Waals surface area contributed by atoms with Gasteiger partial charge in [0.25, 0.3) is 0 Å². The second-order valence-electron chi connectivity index (χ2n) is 3.71. The van der Waals surface area contributed by atoms with Crippen LogP contribution in [0.25, 0.3) is 0 Å². The van der Waals surface area contributed by atoms with Crippen LogP contribution in [0.15, 0.2) is 12.4 Å². The third kappa shape index (κ3) is 1.59. The summed E-state index contributed by atoms with van der Waals surface area (Å²) < 4.78 is 1.72. The van der Waals surface area contributed by atoms with Gasteiger partial charge in [-0.3, -0.25) is 4.68 Å². The topological polar surface area (TPSA) is 50.1 Å². The van der Waals surface area contributed by atoms with Crippen LogP contribution < -0.4 is 5.32 Å². The van der Waals surface area contributed by atoms with Gasteiger partial charge in [0.2, 0.25) is 0 Å². The molecule has 0 aliphatic carbocycles. The Morgan fingerprint density at radius 2 is 2.54 bits per heavy atom. The number of hydrogen-bond donors (Lipinski definition) is 2. The van der Waals surface area contributed by atoms with Gasteiger partial charge in [0.1, 0.15) is 5.60 Å². The molecule has 1 aromatic rings. The van der Waals surface area contributed by atoms with E-state index in [0.717, 1.165) is 24.9 Å². The van der Waals surface area contributed by atoms with E-state index in [2.05, 4.69) is 10.4 Å². The van der Waals surface area contributed by atoms with E-state index < -0.39 is 5.60 Å². The molecule has 0 spiro atoms. The summed E-state index contributed by atoms with van der Waals surface area (Å²) in [6, 6.07) is 0. The lowest BCUT2D eigenvalue weighted by Crippen LogP contribution is -2.43. The molecule has 1 fully saturated rings. The molecule has 2 rings (SSSR count). The van der Waals surface area contributed by atoms with Gasteiger partial charge in [0.05, 0.1) is 6.20 Å². The summed E-state index contributed by atoms with van der Waals surface area (Å²) in [4.78, 5) is 0. The van der Waals surface area contributed by atoms with Crippen LogP contribution in [0.3, 0.4) is 0 Å². The molecule has 1 aromatic heterocycles. The van der Waals surface area contributed by atoms with Crippen LogP contribution >= 0.6 is 0 Å². The summed E-state index contributed by atoms with van der Waals surface area (Å²) in [5.74, 6) is 0. The molecule has 0 bridgehead atoms. The Balaban J connectivity index is 2.22. The number of nitrogens with zero attached hydrogens (tertiary/aromatic N) is 2. The molecule has 72 valence electrons. The van der Waals surface area contributed by atoms with E-state index in [1.54, 1.807) is 10.9 Å². The quantitative estimate of drug-likeness (QED) is 0.640. The fourth-order valence-corrected chi connectivity index (χ4v) is 1.80. The summed E-state index contributed by atoms with van der Waals surface area (Å²) in [6.07, 6.45) is 5.47. The van der Waals surface area contributed by atoms with Crippen LogP contribution in [0.1, 0.15) is 18.4 Å². The Labute approximate surface area is 77.6 Å². The molecule has 2 heterocycles. The van der Waals surface area contributed by atoms with Crippen molar-refractivity contribution in [3.63, 3.8) is 0 Å². The van der Waals surface area contributed by atoms with Gasteiger partial charge in [0, 0.05) is 25.4 Å². The maximum atomic E-state index is 10.2. The predicted molar refractivity (Wildman–Crippen MR) is 49.2 cm³/mol. The van der Waals surface area contributed by atoms with Crippen molar-refractivity contribution in [1.82, 2.24) is 15.1 Å². The molecule has 13 heavy (non-hydrogen) atoms. The lowest BCUT2D eigenvalue weighted by molar-refractivity contribution is 0.0122. The molecular formula is C9H15N3O. The minimum absolute atomic E-state index is 0.638. The standard InChI is InChI=1S/C9H15N3O/c1-12-6-8(5-11-12)9(13)3-2-4-10-7-9/h5-6,10,13H,2-4,7H2,1H3. The molecule has 2 N–H and O–H groups in total. The zero-order valence-electron chi connectivity index (χ0n) is 7.82. The minimum Gasteiger partial charge on any atom is -0.384 e. The monoisotopic (exact) mass is 181 g/mol. The van der Waals surface area contributed by atoms with Crippen molar-refractivity contribution in [2.24, 2.45) is 7.05 Å². The highest BCUT2D eigenvalue weighted by atomic mass is 16.3. The van der Waals surface area contributed by atoms with Gasteiger partial charge in [0.15, 0.2) is 0 Å². The number of β-amino-alcohol motifs (C(OH)–C–C–N with tert-alkyl or cyclic N) is 1. The van der Waals surface area contributed by atoms with Crippen LogP contribution in [0.4, 0.5) is 0 Å². The van der Waals surface area contributed by atoms with Gasteiger partial charge in [-0.05, 0) is 19.4 Å². The van der Waals surface area contributed by atoms with Gasteiger partial charge < -0.3 is 10.4 Å². The van der Waals surface area contributed by atoms with Gasteiger partial charge in [-0.15, -0.1) is 0 Å². The largest absolute Gasteiger partial charge is 0.384 e. The first-order valence-corrected chi connectivity index (χ1v) is 4.63. The SMILES string of the molecule is Cn1cc(C2(O)CCCNC2)cn1. The number of piperidine rings is 1. The van der Waals surface area contributed by atoms with Crippen LogP contribution in [-0.4, -0.2) is 28.0 Å². The minimum atomic E-state index is -0.702. The first kappa shape index (κ1) is 8.72. The second-order valence-corrected chi connectivity index (χ2v) is 3.71. The molecule has 0 amide bonds. The predicted octanol–water partition coefficient (Wildman–Crippen LogP) is -0.00890. The molecule has 1 aliphatic heterocycles. The summed E-state index contributed by atoms with van der Waals surface area (Å²) in [7, 11) is 1.86. The van der Waals surface area contributed by atoms with E-state index in [1.165, 1.54) is 0 Å². The third-order valence-corrected chi connectivity index (χ3v) is 2.60. The summed E-state index contributed by atoms with van der Waals surface area (Å²) in [6.45, 7) is 1.64. The lowest BCUT2D eigenvalue weighted by Gasteiger charge is -2.31. The Morgan fingerprint density at radius 1 is 1.69 bits per heavy atom. The van der Waals surface area contributed by atoms with Gasteiger partial charge in [-0.1, -0.05) is 0 Å². The third-order valence-electron chi connectivity index (χ3n) is 2.60. The molecule has 4 nitrogen and oxygen atoms in total. The van der Waals surface area contributed by atoms with Crippen molar-refractivity contribution in [3.8, 4) is 0 Å². The van der Waals surface area contributed by atoms with Crippen molar-refractivity contribution < 1.29 is 5.11 Å². The number of rotatable bonds is 1. The average Bonchev–Trinajstić information content (AvgIpc) is 2.54. The number of nitrogens with one attached hydrogen (secondary N) is 1. The lowest BCUT2D eigenvalue weighted by atomic mass is 9.89. The first-order valence-electron chi connectivity index (χ1n) is 4.63. The highest BCUT2D eigenvalue weighted by Gasteiger charge is 2.32. The summed E-state index contributed by atoms with van der Waals surface area (Å²) in [5.41, 5.74) is 0.217. The molecule has 4 heteroatoms. The number of aryl methyl sites for hydroxylation is 1. The van der Waals surface area contributed by atoms with Crippen molar-refractivity contribution in [1.29, 1.82) is 0 Å². The van der Waals surface area contributed by atoms with E-state index in [1.807, 2.05) is 13.2 Å². The zero-order chi connectivity index (χ0) is 9.31. The molecule has 1 aliphatic rings. The number of aromatic nitrogens is 2. The summed E-state index contributed by atoms with van der Waals surface area (Å²) in [5, 5.41) is 17.5. The first-order chi connectivity index (χ1) is 6.21. The molecule has 0 aromatic carbocycles. The Bertz CT molecular complexity index is 289. The van der Waals surface area contributed by atoms with Gasteiger partial charge in [-0.2, -0.15) is 5.10 Å². The van der Waals surface area contributed by atoms with E-state index in [4.69, 9.17) is 0 Å². The number of aliphatic hydroxyl groups is 1. The second kappa shape index (κ2) is 3.12. The Morgan fingerprint density at radius 3 is 3.08 bits per heavy atom. The van der Waals surface area contributed by atoms with Crippen LogP contribution in [0.2, 0.25) is 0 Å². The molecule has 1 atom stereocenters. The van der Waals surface area contributed by atoms with Crippen molar-refractivity contribution >= 4 is 0 Å². The Hall–Kier alpha value is -0.870. The smallest absolute Gasteiger partial charge is 0.105 e. The van der Waals surface area contributed by atoms with Crippen LogP contribution in [0.5, 0.6) is 0 Å². The number of hydrogen-bond acceptors (Lipinski definition) is 3. The molecule has 0 radical (unpaired) electrons. The van der Waals surface area contributed by atoms with Gasteiger partial charge >= 0.3 is 0 Å². The van der Waals surface area contributed by atoms with Crippen molar-refractivity contribution in [3.05, 3.63) is 18.0 Å². The highest BCUT2D eigenvalue weighted by Crippen LogP contribution is 2.27. The average molecular weight is 181 g/mol. The normalized spacial score (nSPS) is 29.1. The van der Waals surface area contributed by atoms with Crippen LogP contribution in [-0.2, 0) is 12.6 Å². The maximum Gasteiger partial charge on any atom is 0.105 e. The molecule has 0 saturated carbocycles.